The maximum absolute atomic E-state index is 12.6. The number of aromatic carboxylic acids is 1. The summed E-state index contributed by atoms with van der Waals surface area (Å²) in [6.07, 6.45) is 14.7. The summed E-state index contributed by atoms with van der Waals surface area (Å²) in [5, 5.41) is 9.34. The molecule has 8 nitrogen and oxygen atoms in total. The van der Waals surface area contributed by atoms with Gasteiger partial charge < -0.3 is 24.1 Å². The second kappa shape index (κ2) is 21.7. The van der Waals surface area contributed by atoms with Crippen LogP contribution in [0.25, 0.3) is 0 Å². The van der Waals surface area contributed by atoms with Crippen LogP contribution in [-0.4, -0.2) is 48.8 Å². The van der Waals surface area contributed by atoms with Crippen LogP contribution in [0.3, 0.4) is 0 Å². The molecule has 0 heterocycles. The summed E-state index contributed by atoms with van der Waals surface area (Å²) in [4.78, 5) is 24.0. The molecule has 40 heavy (non-hydrogen) atoms. The first-order chi connectivity index (χ1) is 19.2. The SMILES string of the molecule is CCCCCCCCCOC(C)(OCCCCCCCCC)OC(C)OC(C)OC(=O)c1ccccc1C(=O)O. The minimum absolute atomic E-state index is 0.0417. The standard InChI is InChI=1S/C32H54O8/c1-6-8-10-12-14-16-20-24-36-32(5,37-25-21-17-15-13-11-9-7-2)40-27(4)38-26(3)39-31(35)29-23-19-18-22-28(29)30(33)34/h18-19,22-23,26-27H,6-17,20-21,24-25H2,1-5H3,(H,33,34). The molecule has 0 aliphatic carbocycles. The van der Waals surface area contributed by atoms with E-state index in [1.54, 1.807) is 32.9 Å². The second-order valence-electron chi connectivity index (χ2n) is 10.4. The minimum Gasteiger partial charge on any atom is -0.478 e. The van der Waals surface area contributed by atoms with Gasteiger partial charge in [0.25, 0.3) is 5.97 Å². The molecule has 230 valence electrons. The number of carboxylic acids is 1. The smallest absolute Gasteiger partial charge is 0.341 e. The normalized spacial score (nSPS) is 13.2. The molecule has 1 aromatic carbocycles. The molecule has 1 N–H and O–H groups in total. The van der Waals surface area contributed by atoms with Gasteiger partial charge in [0.15, 0.2) is 6.29 Å². The van der Waals surface area contributed by atoms with E-state index in [2.05, 4.69) is 13.8 Å². The van der Waals surface area contributed by atoms with Gasteiger partial charge in [-0.05, 0) is 38.8 Å². The highest BCUT2D eigenvalue weighted by atomic mass is 16.9. The van der Waals surface area contributed by atoms with Gasteiger partial charge in [0.1, 0.15) is 0 Å². The molecule has 0 aliphatic heterocycles. The van der Waals surface area contributed by atoms with Crippen LogP contribution in [0.1, 0.15) is 145 Å². The predicted molar refractivity (Wildman–Crippen MR) is 156 cm³/mol. The first-order valence-electron chi connectivity index (χ1n) is 15.4. The van der Waals surface area contributed by atoms with Crippen molar-refractivity contribution in [3.05, 3.63) is 35.4 Å². The van der Waals surface area contributed by atoms with E-state index in [0.717, 1.165) is 25.7 Å². The van der Waals surface area contributed by atoms with Crippen molar-refractivity contribution in [2.45, 2.75) is 143 Å². The van der Waals surface area contributed by atoms with E-state index in [9.17, 15) is 14.7 Å². The third-order valence-electron chi connectivity index (χ3n) is 6.64. The average Bonchev–Trinajstić information content (AvgIpc) is 2.91. The highest BCUT2D eigenvalue weighted by Crippen LogP contribution is 2.22. The van der Waals surface area contributed by atoms with E-state index >= 15 is 0 Å². The van der Waals surface area contributed by atoms with Gasteiger partial charge >= 0.3 is 11.9 Å². The Hall–Kier alpha value is -2.00. The number of unbranched alkanes of at least 4 members (excludes halogenated alkanes) is 12. The zero-order valence-corrected chi connectivity index (χ0v) is 25.6. The third kappa shape index (κ3) is 16.3. The maximum atomic E-state index is 12.6. The summed E-state index contributed by atoms with van der Waals surface area (Å²) >= 11 is 0. The molecule has 2 unspecified atom stereocenters. The van der Waals surface area contributed by atoms with Crippen molar-refractivity contribution >= 4 is 11.9 Å². The molecule has 8 heteroatoms. The van der Waals surface area contributed by atoms with Gasteiger partial charge in [-0.15, -0.1) is 0 Å². The first kappa shape index (κ1) is 36.0. The van der Waals surface area contributed by atoms with Crippen molar-refractivity contribution in [1.82, 2.24) is 0 Å². The van der Waals surface area contributed by atoms with Crippen molar-refractivity contribution in [1.29, 1.82) is 0 Å². The lowest BCUT2D eigenvalue weighted by Gasteiger charge is -2.33. The van der Waals surface area contributed by atoms with Gasteiger partial charge in [-0.3, -0.25) is 4.74 Å². The van der Waals surface area contributed by atoms with E-state index in [-0.39, 0.29) is 11.1 Å². The van der Waals surface area contributed by atoms with E-state index in [1.807, 2.05) is 0 Å². The fourth-order valence-electron chi connectivity index (χ4n) is 4.43. The summed E-state index contributed by atoms with van der Waals surface area (Å²) in [7, 11) is 0. The molecule has 0 bridgehead atoms. The zero-order valence-electron chi connectivity index (χ0n) is 25.6. The maximum Gasteiger partial charge on any atom is 0.341 e. The first-order valence-corrected chi connectivity index (χ1v) is 15.4. The predicted octanol–water partition coefficient (Wildman–Crippen LogP) is 8.47. The summed E-state index contributed by atoms with van der Waals surface area (Å²) in [6.45, 7) is 10.4. The molecule has 2 atom stereocenters. The Morgan fingerprint density at radius 1 is 0.725 bits per heavy atom. The summed E-state index contributed by atoms with van der Waals surface area (Å²) in [5.41, 5.74) is -0.172. The Balaban J connectivity index is 2.59. The quantitative estimate of drug-likeness (QED) is 0.0714. The number of hydrogen-bond donors (Lipinski definition) is 1. The van der Waals surface area contributed by atoms with Crippen molar-refractivity contribution < 1.29 is 38.4 Å². The lowest BCUT2D eigenvalue weighted by Crippen LogP contribution is -2.41. The molecular weight excluding hydrogens is 512 g/mol. The molecular formula is C32H54O8. The average molecular weight is 567 g/mol. The van der Waals surface area contributed by atoms with Gasteiger partial charge in [0, 0.05) is 6.92 Å². The van der Waals surface area contributed by atoms with Crippen molar-refractivity contribution in [2.24, 2.45) is 0 Å². The molecule has 0 aromatic heterocycles. The van der Waals surface area contributed by atoms with E-state index in [1.165, 1.54) is 76.3 Å². The van der Waals surface area contributed by atoms with Crippen molar-refractivity contribution in [3.8, 4) is 0 Å². The Morgan fingerprint density at radius 2 is 1.18 bits per heavy atom. The van der Waals surface area contributed by atoms with Crippen LogP contribution in [0.5, 0.6) is 0 Å². The number of rotatable bonds is 25. The van der Waals surface area contributed by atoms with E-state index in [4.69, 9.17) is 23.7 Å². The van der Waals surface area contributed by atoms with Gasteiger partial charge in [0.05, 0.1) is 24.3 Å². The van der Waals surface area contributed by atoms with E-state index < -0.39 is 30.5 Å². The van der Waals surface area contributed by atoms with Gasteiger partial charge in [-0.25, -0.2) is 9.59 Å². The van der Waals surface area contributed by atoms with Crippen LogP contribution in [0.15, 0.2) is 24.3 Å². The van der Waals surface area contributed by atoms with Crippen molar-refractivity contribution in [2.75, 3.05) is 13.2 Å². The number of ether oxygens (including phenoxy) is 5. The van der Waals surface area contributed by atoms with E-state index in [0.29, 0.717) is 13.2 Å². The number of carboxylic acid groups (broad SMARTS) is 1. The van der Waals surface area contributed by atoms with Crippen LogP contribution in [-0.2, 0) is 23.7 Å². The molecule has 0 saturated heterocycles. The molecule has 0 amide bonds. The monoisotopic (exact) mass is 566 g/mol. The number of carbonyl (C=O) groups is 2. The molecule has 0 spiro atoms. The summed E-state index contributed by atoms with van der Waals surface area (Å²) < 4.78 is 29.2. The molecule has 0 saturated carbocycles. The van der Waals surface area contributed by atoms with Crippen LogP contribution in [0.2, 0.25) is 0 Å². The fourth-order valence-corrected chi connectivity index (χ4v) is 4.43. The van der Waals surface area contributed by atoms with Crippen LogP contribution < -0.4 is 0 Å². The molecule has 0 radical (unpaired) electrons. The second-order valence-corrected chi connectivity index (χ2v) is 10.4. The zero-order chi connectivity index (χ0) is 29.6. The largest absolute Gasteiger partial charge is 0.478 e. The fraction of sp³-hybridized carbons (Fsp3) is 0.750. The van der Waals surface area contributed by atoms with Gasteiger partial charge in [-0.2, -0.15) is 0 Å². The molecule has 1 rings (SSSR count). The number of esters is 1. The third-order valence-corrected chi connectivity index (χ3v) is 6.64. The van der Waals surface area contributed by atoms with Crippen LogP contribution >= 0.6 is 0 Å². The highest BCUT2D eigenvalue weighted by Gasteiger charge is 2.31. The summed E-state index contributed by atoms with van der Waals surface area (Å²) in [6, 6.07) is 5.89. The number of benzene rings is 1. The lowest BCUT2D eigenvalue weighted by molar-refractivity contribution is -0.415. The van der Waals surface area contributed by atoms with Crippen molar-refractivity contribution in [3.63, 3.8) is 0 Å². The highest BCUT2D eigenvalue weighted by molar-refractivity contribution is 6.02. The number of hydrogen-bond acceptors (Lipinski definition) is 7. The topological polar surface area (TPSA) is 101 Å². The van der Waals surface area contributed by atoms with Gasteiger partial charge in [0.2, 0.25) is 6.29 Å². The molecule has 0 aliphatic rings. The Bertz CT molecular complexity index is 792. The number of carbonyl (C=O) groups excluding carboxylic acids is 1. The lowest BCUT2D eigenvalue weighted by atomic mass is 10.1. The Kier molecular flexibility index (Phi) is 19.6. The minimum atomic E-state index is -1.30. The molecule has 0 fully saturated rings. The van der Waals surface area contributed by atoms with Crippen LogP contribution in [0.4, 0.5) is 0 Å². The Labute approximate surface area is 242 Å². The van der Waals surface area contributed by atoms with Gasteiger partial charge in [-0.1, -0.05) is 103 Å². The Morgan fingerprint density at radius 3 is 1.65 bits per heavy atom. The summed E-state index contributed by atoms with van der Waals surface area (Å²) in [5.74, 6) is -3.29. The van der Waals surface area contributed by atoms with Crippen LogP contribution in [0, 0.1) is 0 Å². The molecule has 1 aromatic rings.